The van der Waals surface area contributed by atoms with E-state index in [0.29, 0.717) is 6.42 Å². The first-order chi connectivity index (χ1) is 6.09. The fourth-order valence-electron chi connectivity index (χ4n) is 0.999. The molecule has 0 aromatic heterocycles. The molecule has 2 nitrogen and oxygen atoms in total. The van der Waals surface area contributed by atoms with E-state index in [2.05, 4.69) is 12.6 Å². The van der Waals surface area contributed by atoms with E-state index in [1.54, 1.807) is 19.0 Å². The van der Waals surface area contributed by atoms with E-state index >= 15 is 0 Å². The number of benzene rings is 1. The van der Waals surface area contributed by atoms with Crippen LogP contribution in [-0.4, -0.2) is 24.9 Å². The zero-order valence-electron chi connectivity index (χ0n) is 7.82. The molecule has 0 spiro atoms. The minimum atomic E-state index is 0.110. The summed E-state index contributed by atoms with van der Waals surface area (Å²) in [5.41, 5.74) is 1.01. The van der Waals surface area contributed by atoms with E-state index in [0.717, 1.165) is 10.5 Å². The van der Waals surface area contributed by atoms with Crippen molar-refractivity contribution in [1.82, 2.24) is 4.90 Å². The van der Waals surface area contributed by atoms with Crippen molar-refractivity contribution in [2.45, 2.75) is 11.3 Å². The van der Waals surface area contributed by atoms with Crippen molar-refractivity contribution in [2.24, 2.45) is 0 Å². The van der Waals surface area contributed by atoms with Gasteiger partial charge >= 0.3 is 0 Å². The molecule has 0 unspecified atom stereocenters. The van der Waals surface area contributed by atoms with Gasteiger partial charge in [-0.25, -0.2) is 0 Å². The molecule has 1 aromatic carbocycles. The van der Waals surface area contributed by atoms with Crippen molar-refractivity contribution in [2.75, 3.05) is 14.1 Å². The first-order valence-electron chi connectivity index (χ1n) is 4.07. The number of nitrogens with zero attached hydrogens (tertiary/aromatic N) is 1. The average molecular weight is 195 g/mol. The number of hydrogen-bond donors (Lipinski definition) is 1. The molecule has 0 bridgehead atoms. The number of carbonyl (C=O) groups is 1. The molecule has 0 aliphatic heterocycles. The summed E-state index contributed by atoms with van der Waals surface area (Å²) >= 11 is 4.20. The van der Waals surface area contributed by atoms with Crippen LogP contribution in [0.3, 0.4) is 0 Å². The van der Waals surface area contributed by atoms with Gasteiger partial charge in [-0.3, -0.25) is 4.79 Å². The molecular formula is C10H13NOS. The van der Waals surface area contributed by atoms with Gasteiger partial charge in [0.15, 0.2) is 0 Å². The Kier molecular flexibility index (Phi) is 3.37. The predicted octanol–water partition coefficient (Wildman–Crippen LogP) is 1.61. The number of amides is 1. The van der Waals surface area contributed by atoms with E-state index < -0.39 is 0 Å². The Morgan fingerprint density at radius 3 is 2.69 bits per heavy atom. The first-order valence-corrected chi connectivity index (χ1v) is 4.52. The molecule has 13 heavy (non-hydrogen) atoms. The lowest BCUT2D eigenvalue weighted by Crippen LogP contribution is -2.23. The molecule has 0 saturated heterocycles. The average Bonchev–Trinajstić information content (AvgIpc) is 2.04. The van der Waals surface area contributed by atoms with Crippen LogP contribution in [0.2, 0.25) is 0 Å². The van der Waals surface area contributed by atoms with Crippen molar-refractivity contribution >= 4 is 18.5 Å². The molecule has 0 heterocycles. The Morgan fingerprint density at radius 2 is 2.15 bits per heavy atom. The summed E-state index contributed by atoms with van der Waals surface area (Å²) in [7, 11) is 3.51. The summed E-state index contributed by atoms with van der Waals surface area (Å²) in [5.74, 6) is 0.110. The van der Waals surface area contributed by atoms with Gasteiger partial charge in [-0.1, -0.05) is 12.1 Å². The molecule has 0 aliphatic carbocycles. The zero-order chi connectivity index (χ0) is 9.84. The highest BCUT2D eigenvalue weighted by molar-refractivity contribution is 7.80. The van der Waals surface area contributed by atoms with E-state index in [1.807, 2.05) is 24.3 Å². The zero-order valence-corrected chi connectivity index (χ0v) is 8.71. The van der Waals surface area contributed by atoms with Crippen molar-refractivity contribution < 1.29 is 4.79 Å². The van der Waals surface area contributed by atoms with Gasteiger partial charge in [-0.2, -0.15) is 0 Å². The molecule has 0 N–H and O–H groups in total. The van der Waals surface area contributed by atoms with Gasteiger partial charge in [-0.15, -0.1) is 12.6 Å². The molecule has 0 aliphatic rings. The fourth-order valence-corrected chi connectivity index (χ4v) is 1.25. The maximum absolute atomic E-state index is 11.3. The SMILES string of the molecule is CN(C)C(=O)Cc1cccc(S)c1. The van der Waals surface area contributed by atoms with E-state index in [-0.39, 0.29) is 5.91 Å². The second-order valence-corrected chi connectivity index (χ2v) is 3.65. The predicted molar refractivity (Wildman–Crippen MR) is 56.1 cm³/mol. The van der Waals surface area contributed by atoms with Gasteiger partial charge < -0.3 is 4.90 Å². The van der Waals surface area contributed by atoms with Crippen LogP contribution >= 0.6 is 12.6 Å². The number of hydrogen-bond acceptors (Lipinski definition) is 2. The smallest absolute Gasteiger partial charge is 0.226 e. The molecule has 0 saturated carbocycles. The van der Waals surface area contributed by atoms with Crippen LogP contribution < -0.4 is 0 Å². The summed E-state index contributed by atoms with van der Waals surface area (Å²) in [5, 5.41) is 0. The van der Waals surface area contributed by atoms with Crippen LogP contribution in [0, 0.1) is 0 Å². The van der Waals surface area contributed by atoms with Crippen molar-refractivity contribution in [1.29, 1.82) is 0 Å². The number of thiol groups is 1. The van der Waals surface area contributed by atoms with Gasteiger partial charge in [0.1, 0.15) is 0 Å². The topological polar surface area (TPSA) is 20.3 Å². The fraction of sp³-hybridized carbons (Fsp3) is 0.300. The Labute approximate surface area is 84.0 Å². The molecule has 1 aromatic rings. The molecule has 1 rings (SSSR count). The molecular weight excluding hydrogens is 182 g/mol. The number of likely N-dealkylation sites (N-methyl/N-ethyl adjacent to an activating group) is 1. The lowest BCUT2D eigenvalue weighted by atomic mass is 10.1. The quantitative estimate of drug-likeness (QED) is 0.711. The van der Waals surface area contributed by atoms with Gasteiger partial charge in [0.2, 0.25) is 5.91 Å². The number of rotatable bonds is 2. The van der Waals surface area contributed by atoms with Crippen LogP contribution in [0.1, 0.15) is 5.56 Å². The summed E-state index contributed by atoms with van der Waals surface area (Å²) in [6.07, 6.45) is 0.446. The Hall–Kier alpha value is -0.960. The summed E-state index contributed by atoms with van der Waals surface area (Å²) < 4.78 is 0. The van der Waals surface area contributed by atoms with Crippen molar-refractivity contribution in [3.05, 3.63) is 29.8 Å². The Bertz CT molecular complexity index is 310. The minimum Gasteiger partial charge on any atom is -0.349 e. The standard InChI is InChI=1S/C10H13NOS/c1-11(2)10(12)7-8-4-3-5-9(13)6-8/h3-6,13H,7H2,1-2H3. The maximum Gasteiger partial charge on any atom is 0.226 e. The molecule has 0 fully saturated rings. The minimum absolute atomic E-state index is 0.110. The Balaban J connectivity index is 2.69. The largest absolute Gasteiger partial charge is 0.349 e. The van der Waals surface area contributed by atoms with E-state index in [9.17, 15) is 4.79 Å². The third-order valence-corrected chi connectivity index (χ3v) is 2.04. The van der Waals surface area contributed by atoms with Crippen molar-refractivity contribution in [3.8, 4) is 0 Å². The third-order valence-electron chi connectivity index (χ3n) is 1.76. The molecule has 70 valence electrons. The molecule has 3 heteroatoms. The van der Waals surface area contributed by atoms with Crippen LogP contribution in [-0.2, 0) is 11.2 Å². The summed E-state index contributed by atoms with van der Waals surface area (Å²) in [4.78, 5) is 13.8. The monoisotopic (exact) mass is 195 g/mol. The van der Waals surface area contributed by atoms with Crippen molar-refractivity contribution in [3.63, 3.8) is 0 Å². The lowest BCUT2D eigenvalue weighted by Gasteiger charge is -2.09. The van der Waals surface area contributed by atoms with Crippen LogP contribution in [0.25, 0.3) is 0 Å². The van der Waals surface area contributed by atoms with Gasteiger partial charge in [0.25, 0.3) is 0 Å². The second-order valence-electron chi connectivity index (χ2n) is 3.13. The highest BCUT2D eigenvalue weighted by Crippen LogP contribution is 2.09. The summed E-state index contributed by atoms with van der Waals surface area (Å²) in [6.45, 7) is 0. The van der Waals surface area contributed by atoms with Gasteiger partial charge in [0.05, 0.1) is 6.42 Å². The summed E-state index contributed by atoms with van der Waals surface area (Å²) in [6, 6.07) is 7.64. The molecule has 0 radical (unpaired) electrons. The molecule has 1 amide bonds. The maximum atomic E-state index is 11.3. The Morgan fingerprint density at radius 1 is 1.46 bits per heavy atom. The third kappa shape index (κ3) is 3.11. The van der Waals surface area contributed by atoms with Crippen LogP contribution in [0.4, 0.5) is 0 Å². The van der Waals surface area contributed by atoms with E-state index in [4.69, 9.17) is 0 Å². The second kappa shape index (κ2) is 4.33. The normalized spacial score (nSPS) is 9.77. The van der Waals surface area contributed by atoms with Crippen LogP contribution in [0.15, 0.2) is 29.2 Å². The lowest BCUT2D eigenvalue weighted by molar-refractivity contribution is -0.127. The highest BCUT2D eigenvalue weighted by atomic mass is 32.1. The van der Waals surface area contributed by atoms with Crippen LogP contribution in [0.5, 0.6) is 0 Å². The molecule has 0 atom stereocenters. The number of carbonyl (C=O) groups excluding carboxylic acids is 1. The van der Waals surface area contributed by atoms with Gasteiger partial charge in [0, 0.05) is 19.0 Å². The highest BCUT2D eigenvalue weighted by Gasteiger charge is 2.04. The first kappa shape index (κ1) is 10.1. The van der Waals surface area contributed by atoms with Gasteiger partial charge in [-0.05, 0) is 17.7 Å². The van der Waals surface area contributed by atoms with E-state index in [1.165, 1.54) is 0 Å².